The van der Waals surface area contributed by atoms with Crippen molar-refractivity contribution in [1.29, 1.82) is 0 Å². The van der Waals surface area contributed by atoms with E-state index in [1.807, 2.05) is 41.4 Å². The number of H-pyrrole nitrogens is 1. The van der Waals surface area contributed by atoms with Gasteiger partial charge in [-0.1, -0.05) is 30.4 Å². The summed E-state index contributed by atoms with van der Waals surface area (Å²) in [7, 11) is 3.11. The summed E-state index contributed by atoms with van der Waals surface area (Å²) in [5.41, 5.74) is 2.10. The Morgan fingerprint density at radius 1 is 1.20 bits per heavy atom. The number of anilines is 1. The molecule has 2 bridgehead atoms. The van der Waals surface area contributed by atoms with E-state index in [4.69, 9.17) is 14.2 Å². The van der Waals surface area contributed by atoms with Crippen LogP contribution in [0.25, 0.3) is 10.9 Å². The number of nitrogens with one attached hydrogen (secondary N) is 2. The molecule has 35 heavy (non-hydrogen) atoms. The fourth-order valence-electron chi connectivity index (χ4n) is 5.80. The lowest BCUT2D eigenvalue weighted by Crippen LogP contribution is -2.41. The maximum absolute atomic E-state index is 13.5. The molecule has 3 aliphatic heterocycles. The number of methoxy groups -OCH3 is 2. The maximum atomic E-state index is 13.5. The normalized spacial score (nSPS) is 26.4. The van der Waals surface area contributed by atoms with Gasteiger partial charge in [-0.15, -0.1) is 0 Å². The van der Waals surface area contributed by atoms with Crippen LogP contribution in [0.1, 0.15) is 5.56 Å². The molecule has 2 N–H and O–H groups in total. The summed E-state index contributed by atoms with van der Waals surface area (Å²) in [6, 6.07) is 13.3. The third kappa shape index (κ3) is 3.39. The molecule has 4 atom stereocenters. The predicted molar refractivity (Wildman–Crippen MR) is 130 cm³/mol. The Bertz CT molecular complexity index is 1350. The van der Waals surface area contributed by atoms with Crippen LogP contribution in [0, 0.1) is 11.8 Å². The van der Waals surface area contributed by atoms with Gasteiger partial charge in [0.15, 0.2) is 11.5 Å². The summed E-state index contributed by atoms with van der Waals surface area (Å²) in [4.78, 5) is 32.0. The molecule has 1 aromatic heterocycles. The third-order valence-electron chi connectivity index (χ3n) is 7.46. The van der Waals surface area contributed by atoms with Crippen molar-refractivity contribution in [2.45, 2.75) is 18.1 Å². The molecule has 4 heterocycles. The van der Waals surface area contributed by atoms with E-state index in [0.29, 0.717) is 30.3 Å². The second-order valence-corrected chi connectivity index (χ2v) is 9.33. The Morgan fingerprint density at radius 3 is 2.86 bits per heavy atom. The standard InChI is InChI=1S/C27H27N3O5/c1-33-20-8-7-17(13-22(20)34-2)29-25(31)23-21-9-11-27(35-21)15-30(26(32)24(23)27)12-10-16-14-28-19-6-4-3-5-18(16)19/h3-9,11,13-14,21,23-24,28H,10,12,15H2,1-2H3,(H,29,31)/t21-,23-,24-,27+/m1/s1. The van der Waals surface area contributed by atoms with Crippen molar-refractivity contribution < 1.29 is 23.8 Å². The number of carbonyl (C=O) groups is 2. The number of rotatable bonds is 7. The van der Waals surface area contributed by atoms with Crippen LogP contribution in [-0.4, -0.2) is 60.7 Å². The van der Waals surface area contributed by atoms with Crippen molar-refractivity contribution in [3.8, 4) is 11.5 Å². The highest BCUT2D eigenvalue weighted by molar-refractivity contribution is 5.99. The largest absolute Gasteiger partial charge is 0.493 e. The summed E-state index contributed by atoms with van der Waals surface area (Å²) in [6.07, 6.45) is 6.23. The number of hydrogen-bond acceptors (Lipinski definition) is 5. The summed E-state index contributed by atoms with van der Waals surface area (Å²) < 4.78 is 16.9. The summed E-state index contributed by atoms with van der Waals surface area (Å²) in [5, 5.41) is 4.12. The first kappa shape index (κ1) is 21.7. The zero-order chi connectivity index (χ0) is 24.2. The second kappa shape index (κ2) is 8.16. The molecular weight excluding hydrogens is 446 g/mol. The fourth-order valence-corrected chi connectivity index (χ4v) is 5.80. The minimum Gasteiger partial charge on any atom is -0.493 e. The SMILES string of the molecule is COc1ccc(NC(=O)[C@@H]2[C@H]3C=C[C@@]4(CN(CCc5c[nH]c6ccccc56)C(=O)[C@@H]24)O3)cc1OC. The van der Waals surface area contributed by atoms with Crippen molar-refractivity contribution >= 4 is 28.4 Å². The van der Waals surface area contributed by atoms with Gasteiger partial charge >= 0.3 is 0 Å². The molecule has 3 aliphatic rings. The van der Waals surface area contributed by atoms with E-state index in [1.54, 1.807) is 32.4 Å². The van der Waals surface area contributed by atoms with Crippen molar-refractivity contribution in [2.24, 2.45) is 11.8 Å². The first-order chi connectivity index (χ1) is 17.0. The average Bonchev–Trinajstić information content (AvgIpc) is 3.62. The Hall–Kier alpha value is -3.78. The minimum absolute atomic E-state index is 0.0239. The van der Waals surface area contributed by atoms with Crippen LogP contribution in [0.5, 0.6) is 11.5 Å². The van der Waals surface area contributed by atoms with Crippen LogP contribution >= 0.6 is 0 Å². The number of likely N-dealkylation sites (tertiary alicyclic amines) is 1. The van der Waals surface area contributed by atoms with E-state index >= 15 is 0 Å². The van der Waals surface area contributed by atoms with Gasteiger partial charge < -0.3 is 29.4 Å². The van der Waals surface area contributed by atoms with Crippen molar-refractivity contribution in [3.05, 3.63) is 66.4 Å². The fraction of sp³-hybridized carbons (Fsp3) is 0.333. The van der Waals surface area contributed by atoms with Gasteiger partial charge in [0.25, 0.3) is 0 Å². The van der Waals surface area contributed by atoms with Crippen molar-refractivity contribution in [2.75, 3.05) is 32.6 Å². The number of amides is 2. The van der Waals surface area contributed by atoms with Crippen LogP contribution in [0.4, 0.5) is 5.69 Å². The number of aromatic nitrogens is 1. The Kier molecular flexibility index (Phi) is 5.07. The second-order valence-electron chi connectivity index (χ2n) is 9.33. The average molecular weight is 474 g/mol. The first-order valence-electron chi connectivity index (χ1n) is 11.8. The van der Waals surface area contributed by atoms with Crippen LogP contribution in [0.15, 0.2) is 60.8 Å². The predicted octanol–water partition coefficient (Wildman–Crippen LogP) is 3.15. The quantitative estimate of drug-likeness (QED) is 0.515. The molecule has 2 saturated heterocycles. The number of benzene rings is 2. The van der Waals surface area contributed by atoms with Crippen molar-refractivity contribution in [1.82, 2.24) is 9.88 Å². The van der Waals surface area contributed by atoms with Gasteiger partial charge in [0.2, 0.25) is 11.8 Å². The Labute approximate surface area is 202 Å². The molecule has 180 valence electrons. The highest BCUT2D eigenvalue weighted by Crippen LogP contribution is 2.52. The van der Waals surface area contributed by atoms with Gasteiger partial charge in [0.1, 0.15) is 5.60 Å². The lowest BCUT2D eigenvalue weighted by Gasteiger charge is -2.23. The van der Waals surface area contributed by atoms with E-state index in [0.717, 1.165) is 11.9 Å². The van der Waals surface area contributed by atoms with Crippen LogP contribution in [0.3, 0.4) is 0 Å². The number of aromatic amines is 1. The number of hydrogen-bond donors (Lipinski definition) is 2. The van der Waals surface area contributed by atoms with Gasteiger partial charge in [-0.05, 0) is 30.2 Å². The van der Waals surface area contributed by atoms with E-state index in [2.05, 4.69) is 16.4 Å². The number of fused-ring (bicyclic) bond motifs is 2. The molecule has 8 heteroatoms. The van der Waals surface area contributed by atoms with E-state index < -0.39 is 23.5 Å². The number of carbonyl (C=O) groups excluding carboxylic acids is 2. The molecule has 2 amide bonds. The van der Waals surface area contributed by atoms with E-state index in [-0.39, 0.29) is 11.8 Å². The molecule has 0 aliphatic carbocycles. The molecule has 6 rings (SSSR count). The highest BCUT2D eigenvalue weighted by Gasteiger charge is 2.66. The first-order valence-corrected chi connectivity index (χ1v) is 11.8. The van der Waals surface area contributed by atoms with E-state index in [1.165, 1.54) is 10.9 Å². The molecule has 2 aromatic carbocycles. The molecule has 0 saturated carbocycles. The number of nitrogens with zero attached hydrogens (tertiary/aromatic N) is 1. The molecule has 8 nitrogen and oxygen atoms in total. The van der Waals surface area contributed by atoms with Crippen LogP contribution in [-0.2, 0) is 20.7 Å². The maximum Gasteiger partial charge on any atom is 0.231 e. The topological polar surface area (TPSA) is 92.9 Å². The molecule has 2 fully saturated rings. The lowest BCUT2D eigenvalue weighted by molar-refractivity contribution is -0.135. The number of ether oxygens (including phenoxy) is 3. The van der Waals surface area contributed by atoms with E-state index in [9.17, 15) is 9.59 Å². The van der Waals surface area contributed by atoms with Crippen molar-refractivity contribution in [3.63, 3.8) is 0 Å². The molecule has 3 aromatic rings. The Morgan fingerprint density at radius 2 is 2.03 bits per heavy atom. The molecule has 0 radical (unpaired) electrons. The summed E-state index contributed by atoms with van der Waals surface area (Å²) in [6.45, 7) is 1.04. The zero-order valence-corrected chi connectivity index (χ0v) is 19.6. The van der Waals surface area contributed by atoms with Gasteiger partial charge in [-0.2, -0.15) is 0 Å². The van der Waals surface area contributed by atoms with Crippen LogP contribution < -0.4 is 14.8 Å². The highest BCUT2D eigenvalue weighted by atomic mass is 16.5. The monoisotopic (exact) mass is 473 g/mol. The lowest BCUT2D eigenvalue weighted by atomic mass is 9.77. The zero-order valence-electron chi connectivity index (χ0n) is 19.6. The molecule has 0 unspecified atom stereocenters. The smallest absolute Gasteiger partial charge is 0.231 e. The summed E-state index contributed by atoms with van der Waals surface area (Å²) in [5.74, 6) is -0.271. The van der Waals surface area contributed by atoms with Gasteiger partial charge in [0.05, 0.1) is 38.7 Å². The third-order valence-corrected chi connectivity index (χ3v) is 7.46. The van der Waals surface area contributed by atoms with Gasteiger partial charge in [-0.25, -0.2) is 0 Å². The van der Waals surface area contributed by atoms with Crippen LogP contribution in [0.2, 0.25) is 0 Å². The molecular formula is C27H27N3O5. The van der Waals surface area contributed by atoms with Gasteiger partial charge in [0, 0.05) is 35.4 Å². The number of para-hydroxylation sites is 1. The Balaban J connectivity index is 1.19. The minimum atomic E-state index is -0.735. The molecule has 1 spiro atoms. The summed E-state index contributed by atoms with van der Waals surface area (Å²) >= 11 is 0. The van der Waals surface area contributed by atoms with Gasteiger partial charge in [-0.3, -0.25) is 9.59 Å².